The van der Waals surface area contributed by atoms with Gasteiger partial charge in [0.2, 0.25) is 5.95 Å². The zero-order valence-corrected chi connectivity index (χ0v) is 12.3. The summed E-state index contributed by atoms with van der Waals surface area (Å²) in [6, 6.07) is 2.41. The topological polar surface area (TPSA) is 38.1 Å². The van der Waals surface area contributed by atoms with Crippen molar-refractivity contribution in [2.24, 2.45) is 0 Å². The van der Waals surface area contributed by atoms with Crippen molar-refractivity contribution in [3.05, 3.63) is 39.7 Å². The molecule has 20 heavy (non-hydrogen) atoms. The summed E-state index contributed by atoms with van der Waals surface area (Å²) in [6.45, 7) is 0. The number of rotatable bonds is 1. The molecule has 1 aromatic carbocycles. The van der Waals surface area contributed by atoms with Crippen LogP contribution < -0.4 is 4.90 Å². The van der Waals surface area contributed by atoms with Crippen LogP contribution in [-0.2, 0) is 10.3 Å². The molecule has 2 heterocycles. The van der Waals surface area contributed by atoms with Gasteiger partial charge in [0.05, 0.1) is 0 Å². The minimum Gasteiger partial charge on any atom is -0.301 e. The van der Waals surface area contributed by atoms with E-state index in [9.17, 15) is 13.6 Å². The van der Waals surface area contributed by atoms with Crippen molar-refractivity contribution < 1.29 is 13.6 Å². The summed E-state index contributed by atoms with van der Waals surface area (Å²) in [4.78, 5) is 17.7. The fourth-order valence-corrected chi connectivity index (χ4v) is 3.27. The fraction of sp³-hybridized carbons (Fsp3) is 0.231. The van der Waals surface area contributed by atoms with Gasteiger partial charge in [-0.05, 0) is 47.6 Å². The zero-order chi connectivity index (χ0) is 14.1. The van der Waals surface area contributed by atoms with Gasteiger partial charge in [0.15, 0.2) is 11.6 Å². The second kappa shape index (κ2) is 3.78. The molecule has 102 valence electrons. The monoisotopic (exact) mass is 387 g/mol. The molecule has 0 N–H and O–H groups in total. The summed E-state index contributed by atoms with van der Waals surface area (Å²) in [5.41, 5.74) is -1.01. The Morgan fingerprint density at radius 3 is 2.50 bits per heavy atom. The Labute approximate surface area is 126 Å². The van der Waals surface area contributed by atoms with E-state index in [4.69, 9.17) is 0 Å². The van der Waals surface area contributed by atoms with Crippen LogP contribution in [0.2, 0.25) is 0 Å². The van der Waals surface area contributed by atoms with Gasteiger partial charge in [-0.1, -0.05) is 0 Å². The van der Waals surface area contributed by atoms with Crippen molar-refractivity contribution >= 4 is 40.1 Å². The third-order valence-corrected chi connectivity index (χ3v) is 4.44. The molecule has 1 aromatic heterocycles. The van der Waals surface area contributed by atoms with E-state index in [1.54, 1.807) is 10.8 Å². The molecule has 1 fully saturated rings. The molecule has 0 saturated heterocycles. The predicted octanol–water partition coefficient (Wildman–Crippen LogP) is 2.93. The van der Waals surface area contributed by atoms with E-state index in [0.29, 0.717) is 16.4 Å². The van der Waals surface area contributed by atoms with Gasteiger partial charge < -0.3 is 4.57 Å². The molecule has 0 radical (unpaired) electrons. The third-order valence-electron chi connectivity index (χ3n) is 3.81. The fourth-order valence-electron chi connectivity index (χ4n) is 2.72. The Hall–Kier alpha value is -1.51. The number of carbonyl (C=O) groups is 1. The lowest BCUT2D eigenvalue weighted by atomic mass is 10.2. The lowest BCUT2D eigenvalue weighted by Gasteiger charge is -2.17. The van der Waals surface area contributed by atoms with Gasteiger partial charge in [-0.25, -0.2) is 18.7 Å². The maximum atomic E-state index is 14.1. The SMILES string of the molecule is O=C1N(c2c(F)cc(I)cc2F)c2nccn2C12CC2. The van der Waals surface area contributed by atoms with Crippen LogP contribution in [0.5, 0.6) is 0 Å². The molecule has 0 bridgehead atoms. The minimum absolute atomic E-state index is 0.284. The molecule has 2 aromatic rings. The Kier molecular flexibility index (Phi) is 2.31. The molecule has 4 nitrogen and oxygen atoms in total. The second-order valence-corrected chi connectivity index (χ2v) is 6.23. The van der Waals surface area contributed by atoms with E-state index in [-0.39, 0.29) is 17.5 Å². The smallest absolute Gasteiger partial charge is 0.260 e. The Balaban J connectivity index is 1.95. The number of nitrogens with zero attached hydrogens (tertiary/aromatic N) is 3. The number of benzene rings is 1. The molecule has 1 saturated carbocycles. The number of imidazole rings is 1. The van der Waals surface area contributed by atoms with Crippen LogP contribution in [0.25, 0.3) is 0 Å². The van der Waals surface area contributed by atoms with Crippen molar-refractivity contribution in [3.8, 4) is 0 Å². The summed E-state index contributed by atoms with van der Waals surface area (Å²) in [5, 5.41) is 0. The number of amides is 1. The normalized spacial score (nSPS) is 18.8. The van der Waals surface area contributed by atoms with Gasteiger partial charge in [0, 0.05) is 16.0 Å². The third kappa shape index (κ3) is 1.38. The molecular formula is C13H8F2IN3O. The Morgan fingerprint density at radius 1 is 1.25 bits per heavy atom. The van der Waals surface area contributed by atoms with E-state index < -0.39 is 17.2 Å². The average molecular weight is 387 g/mol. The molecule has 4 rings (SSSR count). The first kappa shape index (κ1) is 12.2. The van der Waals surface area contributed by atoms with E-state index in [1.807, 2.05) is 22.6 Å². The van der Waals surface area contributed by atoms with Crippen molar-refractivity contribution in [1.29, 1.82) is 0 Å². The number of anilines is 2. The van der Waals surface area contributed by atoms with Crippen LogP contribution in [0.3, 0.4) is 0 Å². The number of hydrogen-bond donors (Lipinski definition) is 0. The molecule has 0 atom stereocenters. The van der Waals surface area contributed by atoms with Crippen molar-refractivity contribution in [2.45, 2.75) is 18.4 Å². The lowest BCUT2D eigenvalue weighted by molar-refractivity contribution is -0.120. The molecule has 1 aliphatic carbocycles. The molecule has 1 amide bonds. The van der Waals surface area contributed by atoms with Crippen LogP contribution in [0.1, 0.15) is 12.8 Å². The predicted molar refractivity (Wildman–Crippen MR) is 75.7 cm³/mol. The van der Waals surface area contributed by atoms with E-state index in [2.05, 4.69) is 4.98 Å². The van der Waals surface area contributed by atoms with Gasteiger partial charge in [-0.3, -0.25) is 4.79 Å². The van der Waals surface area contributed by atoms with E-state index in [0.717, 1.165) is 4.90 Å². The van der Waals surface area contributed by atoms with Crippen LogP contribution in [-0.4, -0.2) is 15.5 Å². The summed E-state index contributed by atoms with van der Waals surface area (Å²) in [5.74, 6) is -1.53. The van der Waals surface area contributed by atoms with Gasteiger partial charge in [0.1, 0.15) is 11.2 Å². The quantitative estimate of drug-likeness (QED) is 0.706. The van der Waals surface area contributed by atoms with Gasteiger partial charge >= 0.3 is 0 Å². The maximum absolute atomic E-state index is 14.1. The van der Waals surface area contributed by atoms with Gasteiger partial charge in [-0.15, -0.1) is 0 Å². The summed E-state index contributed by atoms with van der Waals surface area (Å²) in [6.07, 6.45) is 4.58. The van der Waals surface area contributed by atoms with Gasteiger partial charge in [0.25, 0.3) is 5.91 Å². The Morgan fingerprint density at radius 2 is 1.90 bits per heavy atom. The van der Waals surface area contributed by atoms with E-state index >= 15 is 0 Å². The van der Waals surface area contributed by atoms with Crippen LogP contribution >= 0.6 is 22.6 Å². The number of aromatic nitrogens is 2. The highest BCUT2D eigenvalue weighted by molar-refractivity contribution is 14.1. The summed E-state index contributed by atoms with van der Waals surface area (Å²) < 4.78 is 30.4. The minimum atomic E-state index is -0.755. The van der Waals surface area contributed by atoms with Crippen molar-refractivity contribution in [2.75, 3.05) is 4.90 Å². The molecule has 2 aliphatic rings. The summed E-state index contributed by atoms with van der Waals surface area (Å²) in [7, 11) is 0. The first-order chi connectivity index (χ1) is 9.54. The standard InChI is InChI=1S/C13H8F2IN3O/c14-8-5-7(16)6-9(15)10(8)19-11(20)13(1-2-13)18-4-3-17-12(18)19/h3-6H,1-2H2. The lowest BCUT2D eigenvalue weighted by Crippen LogP contribution is -2.31. The first-order valence-electron chi connectivity index (χ1n) is 6.07. The number of halogens is 3. The maximum Gasteiger partial charge on any atom is 0.260 e. The second-order valence-electron chi connectivity index (χ2n) is 4.99. The van der Waals surface area contributed by atoms with Crippen LogP contribution in [0, 0.1) is 15.2 Å². The molecule has 0 unspecified atom stereocenters. The van der Waals surface area contributed by atoms with Crippen LogP contribution in [0.15, 0.2) is 24.5 Å². The van der Waals surface area contributed by atoms with Gasteiger partial charge in [-0.2, -0.15) is 0 Å². The highest BCUT2D eigenvalue weighted by atomic mass is 127. The summed E-state index contributed by atoms with van der Waals surface area (Å²) >= 11 is 1.83. The molecule has 1 aliphatic heterocycles. The molecular weight excluding hydrogens is 379 g/mol. The molecule has 7 heteroatoms. The average Bonchev–Trinajstić information content (AvgIpc) is 2.99. The number of fused-ring (bicyclic) bond motifs is 2. The zero-order valence-electron chi connectivity index (χ0n) is 10.1. The Bertz CT molecular complexity index is 731. The largest absolute Gasteiger partial charge is 0.301 e. The number of hydrogen-bond acceptors (Lipinski definition) is 2. The van der Waals surface area contributed by atoms with Crippen LogP contribution in [0.4, 0.5) is 20.4 Å². The van der Waals surface area contributed by atoms with Crippen molar-refractivity contribution in [3.63, 3.8) is 0 Å². The van der Waals surface area contributed by atoms with E-state index in [1.165, 1.54) is 18.3 Å². The first-order valence-corrected chi connectivity index (χ1v) is 7.15. The highest BCUT2D eigenvalue weighted by Gasteiger charge is 2.60. The molecule has 1 spiro atoms. The van der Waals surface area contributed by atoms with Crippen molar-refractivity contribution in [1.82, 2.24) is 9.55 Å². The highest BCUT2D eigenvalue weighted by Crippen LogP contribution is 2.54. The number of carbonyl (C=O) groups excluding carboxylic acids is 1.